The first-order valence-electron chi connectivity index (χ1n) is 10.2. The Labute approximate surface area is 174 Å². The van der Waals surface area contributed by atoms with Gasteiger partial charge in [0, 0.05) is 32.1 Å². The molecule has 1 N–H and O–H groups in total. The van der Waals surface area contributed by atoms with Crippen molar-refractivity contribution in [3.05, 3.63) is 52.6 Å². The van der Waals surface area contributed by atoms with Gasteiger partial charge < -0.3 is 14.4 Å². The molecule has 0 amide bonds. The minimum atomic E-state index is -0.107. The molecule has 2 aliphatic carbocycles. The summed E-state index contributed by atoms with van der Waals surface area (Å²) < 4.78 is 10.5. The minimum Gasteiger partial charge on any atom is -0.511 e. The van der Waals surface area contributed by atoms with Gasteiger partial charge in [0.1, 0.15) is 17.3 Å². The van der Waals surface area contributed by atoms with Crippen LogP contribution in [0, 0.1) is 0 Å². The van der Waals surface area contributed by atoms with Crippen LogP contribution in [0.1, 0.15) is 60.3 Å². The average molecular weight is 408 g/mol. The van der Waals surface area contributed by atoms with E-state index in [-0.39, 0.29) is 23.7 Å². The Balaban J connectivity index is 1.58. The Bertz CT molecular complexity index is 1030. The fourth-order valence-corrected chi connectivity index (χ4v) is 4.00. The second-order valence-corrected chi connectivity index (χ2v) is 7.56. The van der Waals surface area contributed by atoms with Crippen molar-refractivity contribution in [3.63, 3.8) is 0 Å². The van der Waals surface area contributed by atoms with Crippen LogP contribution in [-0.4, -0.2) is 34.7 Å². The number of aliphatic hydroxyl groups is 1. The minimum absolute atomic E-state index is 0.00744. The van der Waals surface area contributed by atoms with Gasteiger partial charge in [0.05, 0.1) is 35.3 Å². The quantitative estimate of drug-likeness (QED) is 0.578. The number of ether oxygens (including phenoxy) is 1. The topological polar surface area (TPSA) is 102 Å². The number of aliphatic hydroxyl groups excluding tert-OH is 1. The number of rotatable bonds is 5. The molecule has 1 heterocycles. The molecule has 4 rings (SSSR count). The number of Topliss-reactive ketones (excluding diaryl/α,β-unsaturated/α-hetero) is 2. The number of ketones is 2. The van der Waals surface area contributed by atoms with Gasteiger partial charge in [0.15, 0.2) is 11.6 Å². The van der Waals surface area contributed by atoms with Gasteiger partial charge >= 0.3 is 0 Å². The maximum Gasteiger partial charge on any atom is 0.168 e. The Hall–Kier alpha value is -3.22. The molecular formula is C23H24N2O5. The van der Waals surface area contributed by atoms with Gasteiger partial charge in [0.25, 0.3) is 0 Å². The lowest BCUT2D eigenvalue weighted by atomic mass is 9.88. The molecule has 0 saturated heterocycles. The third-order valence-corrected chi connectivity index (χ3v) is 5.53. The Morgan fingerprint density at radius 2 is 1.83 bits per heavy atom. The van der Waals surface area contributed by atoms with Crippen molar-refractivity contribution < 1.29 is 24.0 Å². The molecule has 0 radical (unpaired) electrons. The number of allylic oxidation sites excluding steroid dienone is 2. The number of methoxy groups -OCH3 is 1. The summed E-state index contributed by atoms with van der Waals surface area (Å²) in [7, 11) is 1.60. The van der Waals surface area contributed by atoms with E-state index in [1.165, 1.54) is 0 Å². The highest BCUT2D eigenvalue weighted by Crippen LogP contribution is 2.28. The fraction of sp³-hybridized carbons (Fsp3) is 0.391. The first kappa shape index (κ1) is 20.1. The van der Waals surface area contributed by atoms with Crippen LogP contribution in [0.4, 0.5) is 5.69 Å². The lowest BCUT2D eigenvalue weighted by Gasteiger charge is -2.18. The number of aryl methyl sites for hydroxylation is 2. The number of hydrogen-bond acceptors (Lipinski definition) is 7. The molecule has 0 atom stereocenters. The van der Waals surface area contributed by atoms with Gasteiger partial charge in [-0.2, -0.15) is 0 Å². The predicted octanol–water partition coefficient (Wildman–Crippen LogP) is 4.47. The van der Waals surface area contributed by atoms with Crippen LogP contribution in [-0.2, 0) is 17.6 Å². The summed E-state index contributed by atoms with van der Waals surface area (Å²) in [5.41, 5.74) is 2.69. The van der Waals surface area contributed by atoms with Crippen molar-refractivity contribution in [3.8, 4) is 5.75 Å². The summed E-state index contributed by atoms with van der Waals surface area (Å²) in [6, 6.07) is 7.23. The van der Waals surface area contributed by atoms with Crippen molar-refractivity contribution in [1.82, 2.24) is 5.16 Å². The molecule has 0 unspecified atom stereocenters. The van der Waals surface area contributed by atoms with Gasteiger partial charge in [-0.1, -0.05) is 5.16 Å². The summed E-state index contributed by atoms with van der Waals surface area (Å²) in [6.07, 6.45) is 4.22. The third-order valence-electron chi connectivity index (χ3n) is 5.53. The van der Waals surface area contributed by atoms with Crippen molar-refractivity contribution in [2.24, 2.45) is 4.99 Å². The lowest BCUT2D eigenvalue weighted by molar-refractivity contribution is -0.115. The molecule has 1 aromatic carbocycles. The Kier molecular flexibility index (Phi) is 5.79. The molecule has 156 valence electrons. The van der Waals surface area contributed by atoms with Crippen LogP contribution in [0.2, 0.25) is 0 Å². The van der Waals surface area contributed by atoms with E-state index in [0.717, 1.165) is 12.2 Å². The number of benzene rings is 1. The number of aromatic nitrogens is 1. The second-order valence-electron chi connectivity index (χ2n) is 7.56. The standard InChI is InChI=1S/C23H24N2O5/c1-29-15-10-8-14(9-11-15)24-16-4-2-5-18(26)22(16)20(28)13-12-17-23-19(27)6-3-7-21(23)30-25-17/h8-11,28H,2-7,12-13H2,1H3. The third kappa shape index (κ3) is 4.06. The van der Waals surface area contributed by atoms with Crippen molar-refractivity contribution in [1.29, 1.82) is 0 Å². The normalized spacial score (nSPS) is 19.7. The largest absolute Gasteiger partial charge is 0.511 e. The first-order chi connectivity index (χ1) is 14.6. The van der Waals surface area contributed by atoms with Crippen LogP contribution in [0.25, 0.3) is 0 Å². The van der Waals surface area contributed by atoms with E-state index in [2.05, 4.69) is 10.1 Å². The molecule has 0 aliphatic heterocycles. The molecule has 0 bridgehead atoms. The molecule has 7 heteroatoms. The number of fused-ring (bicyclic) bond motifs is 1. The Morgan fingerprint density at radius 1 is 1.10 bits per heavy atom. The summed E-state index contributed by atoms with van der Waals surface area (Å²) in [5, 5.41) is 14.8. The number of carbonyl (C=O) groups excluding carboxylic acids is 2. The highest BCUT2D eigenvalue weighted by atomic mass is 16.5. The molecule has 7 nitrogen and oxygen atoms in total. The van der Waals surface area contributed by atoms with Gasteiger partial charge in [-0.05, 0) is 43.5 Å². The van der Waals surface area contributed by atoms with E-state index in [1.807, 2.05) is 12.1 Å². The summed E-state index contributed by atoms with van der Waals surface area (Å²) in [6.45, 7) is 0. The molecule has 1 fully saturated rings. The average Bonchev–Trinajstić information content (AvgIpc) is 3.17. The Morgan fingerprint density at radius 3 is 2.60 bits per heavy atom. The fourth-order valence-electron chi connectivity index (χ4n) is 4.00. The molecule has 1 saturated carbocycles. The zero-order valence-corrected chi connectivity index (χ0v) is 16.9. The SMILES string of the molecule is COc1ccc(N=C2CCCC(=O)C2=C(O)CCc2noc3c2C(=O)CCC3)cc1. The molecule has 2 aromatic rings. The highest BCUT2D eigenvalue weighted by molar-refractivity contribution is 6.24. The highest BCUT2D eigenvalue weighted by Gasteiger charge is 2.28. The van der Waals surface area contributed by atoms with E-state index in [0.29, 0.717) is 72.5 Å². The maximum absolute atomic E-state index is 12.6. The number of nitrogens with zero attached hydrogens (tertiary/aromatic N) is 2. The van der Waals surface area contributed by atoms with Crippen LogP contribution in [0.15, 0.2) is 45.1 Å². The van der Waals surface area contributed by atoms with Gasteiger partial charge in [-0.15, -0.1) is 0 Å². The van der Waals surface area contributed by atoms with Gasteiger partial charge in [0.2, 0.25) is 0 Å². The van der Waals surface area contributed by atoms with Crippen LogP contribution in [0.3, 0.4) is 0 Å². The van der Waals surface area contributed by atoms with E-state index >= 15 is 0 Å². The van der Waals surface area contributed by atoms with E-state index in [9.17, 15) is 14.7 Å². The number of aliphatic imine (C=N–C) groups is 1. The summed E-state index contributed by atoms with van der Waals surface area (Å²) >= 11 is 0. The summed E-state index contributed by atoms with van der Waals surface area (Å²) in [5.74, 6) is 1.28. The van der Waals surface area contributed by atoms with E-state index in [4.69, 9.17) is 9.26 Å². The van der Waals surface area contributed by atoms with Crippen molar-refractivity contribution >= 4 is 23.0 Å². The molecule has 30 heavy (non-hydrogen) atoms. The smallest absolute Gasteiger partial charge is 0.168 e. The van der Waals surface area contributed by atoms with Crippen LogP contribution >= 0.6 is 0 Å². The number of hydrogen-bond donors (Lipinski definition) is 1. The predicted molar refractivity (Wildman–Crippen MR) is 111 cm³/mol. The lowest BCUT2D eigenvalue weighted by Crippen LogP contribution is -2.21. The molecule has 2 aliphatic rings. The van der Waals surface area contributed by atoms with E-state index < -0.39 is 0 Å². The first-order valence-corrected chi connectivity index (χ1v) is 10.2. The maximum atomic E-state index is 12.6. The van der Waals surface area contributed by atoms with E-state index in [1.54, 1.807) is 19.2 Å². The molecule has 1 aromatic heterocycles. The van der Waals surface area contributed by atoms with Gasteiger partial charge in [-0.25, -0.2) is 0 Å². The monoisotopic (exact) mass is 408 g/mol. The van der Waals surface area contributed by atoms with Crippen molar-refractivity contribution in [2.75, 3.05) is 7.11 Å². The number of carbonyl (C=O) groups is 2. The van der Waals surface area contributed by atoms with Crippen LogP contribution in [0.5, 0.6) is 5.75 Å². The molecule has 0 spiro atoms. The van der Waals surface area contributed by atoms with Crippen molar-refractivity contribution in [2.45, 2.75) is 51.4 Å². The zero-order chi connectivity index (χ0) is 21.1. The van der Waals surface area contributed by atoms with Gasteiger partial charge in [-0.3, -0.25) is 14.6 Å². The second kappa shape index (κ2) is 8.65. The summed E-state index contributed by atoms with van der Waals surface area (Å²) in [4.78, 5) is 29.4. The zero-order valence-electron chi connectivity index (χ0n) is 16.9. The molecular weight excluding hydrogens is 384 g/mol. The van der Waals surface area contributed by atoms with Crippen LogP contribution < -0.4 is 4.74 Å².